The van der Waals surface area contributed by atoms with E-state index in [1.54, 1.807) is 0 Å². The molecule has 2 aliphatic heterocycles. The van der Waals surface area contributed by atoms with E-state index in [0.29, 0.717) is 12.2 Å². The van der Waals surface area contributed by atoms with Crippen LogP contribution in [-0.2, 0) is 16.0 Å². The Kier molecular flexibility index (Phi) is 5.98. The monoisotopic (exact) mass is 395 g/mol. The van der Waals surface area contributed by atoms with E-state index in [0.717, 1.165) is 41.3 Å². The molecule has 2 aliphatic rings. The van der Waals surface area contributed by atoms with E-state index < -0.39 is 0 Å². The van der Waals surface area contributed by atoms with E-state index in [1.165, 1.54) is 24.6 Å². The Hall–Kier alpha value is -2.31. The van der Waals surface area contributed by atoms with Crippen molar-refractivity contribution >= 4 is 29.3 Å². The molecule has 2 N–H and O–H groups in total. The van der Waals surface area contributed by atoms with Gasteiger partial charge < -0.3 is 15.5 Å². The highest BCUT2D eigenvalue weighted by Crippen LogP contribution is 2.32. The van der Waals surface area contributed by atoms with Gasteiger partial charge in [0, 0.05) is 11.4 Å². The maximum atomic E-state index is 12.8. The van der Waals surface area contributed by atoms with Gasteiger partial charge in [0.2, 0.25) is 11.8 Å². The smallest absolute Gasteiger partial charge is 0.234 e. The van der Waals surface area contributed by atoms with Crippen molar-refractivity contribution < 1.29 is 9.59 Å². The van der Waals surface area contributed by atoms with Gasteiger partial charge in [-0.3, -0.25) is 9.59 Å². The minimum absolute atomic E-state index is 0.00258. The summed E-state index contributed by atoms with van der Waals surface area (Å²) >= 11 is 1.53. The standard InChI is InChI=1S/C22H25N3O2S/c26-21(13-16-8-9-20-18(12-16)23-22(27)15-28-20)24-19(14-25-10-4-5-11-25)17-6-2-1-3-7-17/h1-3,6-9,12,19H,4-5,10-11,13-15H2,(H,23,27)(H,24,26)/t19-/m1/s1. The second-order valence-electron chi connectivity index (χ2n) is 7.38. The van der Waals surface area contributed by atoms with E-state index in [4.69, 9.17) is 0 Å². The van der Waals surface area contributed by atoms with E-state index >= 15 is 0 Å². The molecule has 1 fully saturated rings. The van der Waals surface area contributed by atoms with Crippen LogP contribution in [0.15, 0.2) is 53.4 Å². The average molecular weight is 396 g/mol. The fourth-order valence-corrected chi connectivity index (χ4v) is 4.60. The molecule has 0 aromatic heterocycles. The number of thioether (sulfide) groups is 1. The molecule has 0 bridgehead atoms. The summed E-state index contributed by atoms with van der Waals surface area (Å²) < 4.78 is 0. The SMILES string of the molecule is O=C1CSc2ccc(CC(=O)N[C@H](CN3CCCC3)c3ccccc3)cc2N1. The van der Waals surface area contributed by atoms with Gasteiger partial charge in [0.05, 0.1) is 23.9 Å². The molecule has 1 saturated heterocycles. The lowest BCUT2D eigenvalue weighted by Crippen LogP contribution is -2.37. The van der Waals surface area contributed by atoms with E-state index in [2.05, 4.69) is 27.7 Å². The Bertz CT molecular complexity index is 850. The highest BCUT2D eigenvalue weighted by atomic mass is 32.2. The van der Waals surface area contributed by atoms with Crippen molar-refractivity contribution in [1.29, 1.82) is 0 Å². The van der Waals surface area contributed by atoms with Gasteiger partial charge in [0.25, 0.3) is 0 Å². The Balaban J connectivity index is 1.44. The van der Waals surface area contributed by atoms with Crippen molar-refractivity contribution in [3.63, 3.8) is 0 Å². The first kappa shape index (κ1) is 19.0. The Morgan fingerprint density at radius 3 is 2.71 bits per heavy atom. The maximum Gasteiger partial charge on any atom is 0.234 e. The van der Waals surface area contributed by atoms with Crippen molar-refractivity contribution in [1.82, 2.24) is 10.2 Å². The second-order valence-corrected chi connectivity index (χ2v) is 8.40. The summed E-state index contributed by atoms with van der Waals surface area (Å²) in [6.07, 6.45) is 2.76. The summed E-state index contributed by atoms with van der Waals surface area (Å²) in [5.41, 5.74) is 2.85. The van der Waals surface area contributed by atoms with Crippen LogP contribution in [-0.4, -0.2) is 42.1 Å². The largest absolute Gasteiger partial charge is 0.348 e. The first-order valence-corrected chi connectivity index (χ1v) is 10.8. The predicted octanol–water partition coefficient (Wildman–Crippen LogP) is 3.23. The molecule has 2 aromatic rings. The third-order valence-electron chi connectivity index (χ3n) is 5.22. The molecule has 4 rings (SSSR count). The Morgan fingerprint density at radius 2 is 1.93 bits per heavy atom. The van der Waals surface area contributed by atoms with E-state index in [-0.39, 0.29) is 17.9 Å². The summed E-state index contributed by atoms with van der Waals surface area (Å²) in [7, 11) is 0. The number of nitrogens with one attached hydrogen (secondary N) is 2. The molecular formula is C22H25N3O2S. The van der Waals surface area contributed by atoms with Crippen molar-refractivity contribution in [2.45, 2.75) is 30.2 Å². The van der Waals surface area contributed by atoms with Gasteiger partial charge in [-0.05, 0) is 49.2 Å². The summed E-state index contributed by atoms with van der Waals surface area (Å²) in [6.45, 7) is 3.04. The molecule has 28 heavy (non-hydrogen) atoms. The molecule has 2 amide bonds. The lowest BCUT2D eigenvalue weighted by molar-refractivity contribution is -0.121. The van der Waals surface area contributed by atoms with Crippen molar-refractivity contribution in [3.05, 3.63) is 59.7 Å². The molecule has 0 unspecified atom stereocenters. The van der Waals surface area contributed by atoms with Crippen molar-refractivity contribution in [2.24, 2.45) is 0 Å². The first-order valence-electron chi connectivity index (χ1n) is 9.79. The van der Waals surface area contributed by atoms with Crippen molar-refractivity contribution in [2.75, 3.05) is 30.7 Å². The highest BCUT2D eigenvalue weighted by molar-refractivity contribution is 8.00. The van der Waals surface area contributed by atoms with Gasteiger partial charge in [0.15, 0.2) is 0 Å². The van der Waals surface area contributed by atoms with Crippen LogP contribution in [0.1, 0.15) is 30.0 Å². The van der Waals surface area contributed by atoms with Gasteiger partial charge in [-0.2, -0.15) is 0 Å². The highest BCUT2D eigenvalue weighted by Gasteiger charge is 2.21. The molecule has 6 heteroatoms. The number of hydrogen-bond acceptors (Lipinski definition) is 4. The average Bonchev–Trinajstić information content (AvgIpc) is 3.21. The molecule has 0 spiro atoms. The fourth-order valence-electron chi connectivity index (χ4n) is 3.81. The normalized spacial score (nSPS) is 17.6. The van der Waals surface area contributed by atoms with Gasteiger partial charge in [-0.15, -0.1) is 11.8 Å². The number of nitrogens with zero attached hydrogens (tertiary/aromatic N) is 1. The van der Waals surface area contributed by atoms with Crippen LogP contribution < -0.4 is 10.6 Å². The Morgan fingerprint density at radius 1 is 1.14 bits per heavy atom. The third kappa shape index (κ3) is 4.75. The molecule has 5 nitrogen and oxygen atoms in total. The fraction of sp³-hybridized carbons (Fsp3) is 0.364. The number of amides is 2. The van der Waals surface area contributed by atoms with Crippen LogP contribution in [0, 0.1) is 0 Å². The number of benzene rings is 2. The second kappa shape index (κ2) is 8.80. The van der Waals surface area contributed by atoms with Crippen LogP contribution in [0.25, 0.3) is 0 Å². The number of likely N-dealkylation sites (tertiary alicyclic amines) is 1. The molecule has 0 aliphatic carbocycles. The first-order chi connectivity index (χ1) is 13.7. The topological polar surface area (TPSA) is 61.4 Å². The molecule has 1 atom stereocenters. The zero-order valence-electron chi connectivity index (χ0n) is 15.8. The molecule has 2 heterocycles. The lowest BCUT2D eigenvalue weighted by atomic mass is 10.1. The minimum Gasteiger partial charge on any atom is -0.348 e. The minimum atomic E-state index is -0.0142. The number of anilines is 1. The van der Waals surface area contributed by atoms with Crippen LogP contribution in [0.2, 0.25) is 0 Å². The summed E-state index contributed by atoms with van der Waals surface area (Å²) in [5.74, 6) is 0.457. The molecule has 2 aromatic carbocycles. The maximum absolute atomic E-state index is 12.8. The summed E-state index contributed by atoms with van der Waals surface area (Å²) in [5, 5.41) is 6.11. The number of fused-ring (bicyclic) bond motifs is 1. The number of hydrogen-bond donors (Lipinski definition) is 2. The summed E-state index contributed by atoms with van der Waals surface area (Å²) in [6, 6.07) is 16.0. The van der Waals surface area contributed by atoms with Crippen LogP contribution >= 0.6 is 11.8 Å². The zero-order chi connectivity index (χ0) is 19.3. The van der Waals surface area contributed by atoms with Gasteiger partial charge in [-0.1, -0.05) is 36.4 Å². The van der Waals surface area contributed by atoms with Crippen LogP contribution in [0.3, 0.4) is 0 Å². The van der Waals surface area contributed by atoms with Crippen LogP contribution in [0.4, 0.5) is 5.69 Å². The number of carbonyl (C=O) groups excluding carboxylic acids is 2. The Labute approximate surface area is 169 Å². The number of carbonyl (C=O) groups is 2. The van der Waals surface area contributed by atoms with Crippen molar-refractivity contribution in [3.8, 4) is 0 Å². The molecular weight excluding hydrogens is 370 g/mol. The number of rotatable bonds is 6. The zero-order valence-corrected chi connectivity index (χ0v) is 16.6. The quantitative estimate of drug-likeness (QED) is 0.788. The molecule has 0 saturated carbocycles. The van der Waals surface area contributed by atoms with E-state index in [9.17, 15) is 9.59 Å². The lowest BCUT2D eigenvalue weighted by Gasteiger charge is -2.25. The predicted molar refractivity (Wildman–Crippen MR) is 112 cm³/mol. The van der Waals surface area contributed by atoms with E-state index in [1.807, 2.05) is 36.4 Å². The molecule has 0 radical (unpaired) electrons. The van der Waals surface area contributed by atoms with Gasteiger partial charge in [0.1, 0.15) is 0 Å². The summed E-state index contributed by atoms with van der Waals surface area (Å²) in [4.78, 5) is 27.9. The van der Waals surface area contributed by atoms with Gasteiger partial charge in [-0.25, -0.2) is 0 Å². The third-order valence-corrected chi connectivity index (χ3v) is 6.29. The van der Waals surface area contributed by atoms with Gasteiger partial charge >= 0.3 is 0 Å². The molecule has 146 valence electrons. The van der Waals surface area contributed by atoms with Crippen LogP contribution in [0.5, 0.6) is 0 Å².